The third kappa shape index (κ3) is 1.75. The first-order chi connectivity index (χ1) is 8.66. The van der Waals surface area contributed by atoms with Gasteiger partial charge in [-0.1, -0.05) is 0 Å². The Hall–Kier alpha value is -1.60. The van der Waals surface area contributed by atoms with E-state index in [1.165, 1.54) is 4.57 Å². The predicted octanol–water partition coefficient (Wildman–Crippen LogP) is -0.280. The summed E-state index contributed by atoms with van der Waals surface area (Å²) in [4.78, 5) is 24.9. The highest BCUT2D eigenvalue weighted by atomic mass is 35.5. The zero-order chi connectivity index (χ0) is 12.7. The normalized spacial score (nSPS) is 16.4. The molecule has 2 N–H and O–H groups in total. The second-order valence-corrected chi connectivity index (χ2v) is 4.58. The SMILES string of the molecule is Cn1c(=O)[nH]c2c(N3CCNCC3)nc(Cl)nc21. The smallest absolute Gasteiger partial charge is 0.327 e. The van der Waals surface area contributed by atoms with Gasteiger partial charge in [-0.05, 0) is 11.6 Å². The maximum atomic E-state index is 11.7. The number of imidazole rings is 1. The molecule has 1 aliphatic heterocycles. The van der Waals surface area contributed by atoms with Crippen LogP contribution in [0.4, 0.5) is 5.82 Å². The van der Waals surface area contributed by atoms with Gasteiger partial charge in [0.25, 0.3) is 0 Å². The Balaban J connectivity index is 2.21. The minimum absolute atomic E-state index is 0.158. The van der Waals surface area contributed by atoms with Crippen LogP contribution in [0.15, 0.2) is 4.79 Å². The van der Waals surface area contributed by atoms with Crippen molar-refractivity contribution in [3.63, 3.8) is 0 Å². The van der Waals surface area contributed by atoms with Gasteiger partial charge in [0.2, 0.25) is 5.28 Å². The van der Waals surface area contributed by atoms with Gasteiger partial charge < -0.3 is 15.2 Å². The van der Waals surface area contributed by atoms with Gasteiger partial charge in [0.1, 0.15) is 5.52 Å². The van der Waals surface area contributed by atoms with E-state index < -0.39 is 0 Å². The second kappa shape index (κ2) is 4.25. The van der Waals surface area contributed by atoms with Crippen molar-refractivity contribution >= 4 is 28.6 Å². The predicted molar refractivity (Wildman–Crippen MR) is 69.2 cm³/mol. The fourth-order valence-corrected chi connectivity index (χ4v) is 2.32. The van der Waals surface area contributed by atoms with E-state index in [9.17, 15) is 4.79 Å². The number of aryl methyl sites for hydroxylation is 1. The van der Waals surface area contributed by atoms with Crippen molar-refractivity contribution in [2.75, 3.05) is 31.1 Å². The van der Waals surface area contributed by atoms with Crippen LogP contribution < -0.4 is 15.9 Å². The van der Waals surface area contributed by atoms with E-state index in [2.05, 4.69) is 25.2 Å². The first-order valence-corrected chi connectivity index (χ1v) is 6.12. The summed E-state index contributed by atoms with van der Waals surface area (Å²) in [6, 6.07) is 0. The molecule has 3 heterocycles. The highest BCUT2D eigenvalue weighted by molar-refractivity contribution is 6.28. The van der Waals surface area contributed by atoms with E-state index in [1.54, 1.807) is 7.05 Å². The van der Waals surface area contributed by atoms with Gasteiger partial charge in [0, 0.05) is 33.2 Å². The number of aromatic nitrogens is 4. The van der Waals surface area contributed by atoms with Crippen LogP contribution in [0.5, 0.6) is 0 Å². The number of halogens is 1. The molecule has 3 rings (SSSR count). The summed E-state index contributed by atoms with van der Waals surface area (Å²) in [5, 5.41) is 3.43. The van der Waals surface area contributed by atoms with Crippen LogP contribution in [-0.2, 0) is 7.05 Å². The summed E-state index contributed by atoms with van der Waals surface area (Å²) in [5.41, 5.74) is 0.972. The highest BCUT2D eigenvalue weighted by Crippen LogP contribution is 2.22. The number of hydrogen-bond acceptors (Lipinski definition) is 5. The van der Waals surface area contributed by atoms with Crippen molar-refractivity contribution in [1.82, 2.24) is 24.8 Å². The van der Waals surface area contributed by atoms with E-state index >= 15 is 0 Å². The Labute approximate surface area is 108 Å². The fraction of sp³-hybridized carbons (Fsp3) is 0.500. The van der Waals surface area contributed by atoms with E-state index in [-0.39, 0.29) is 11.0 Å². The maximum Gasteiger partial charge on any atom is 0.327 e. The molecule has 0 unspecified atom stereocenters. The molecule has 1 aliphatic rings. The lowest BCUT2D eigenvalue weighted by Gasteiger charge is -2.28. The molecule has 0 amide bonds. The molecule has 1 saturated heterocycles. The second-order valence-electron chi connectivity index (χ2n) is 4.24. The number of hydrogen-bond donors (Lipinski definition) is 2. The van der Waals surface area contributed by atoms with Gasteiger partial charge in [0.05, 0.1) is 0 Å². The van der Waals surface area contributed by atoms with Gasteiger partial charge in [-0.15, -0.1) is 0 Å². The first kappa shape index (κ1) is 11.5. The maximum absolute atomic E-state index is 11.7. The molecule has 0 bridgehead atoms. The lowest BCUT2D eigenvalue weighted by Crippen LogP contribution is -2.44. The Morgan fingerprint density at radius 2 is 2.00 bits per heavy atom. The van der Waals surface area contributed by atoms with Gasteiger partial charge in [-0.3, -0.25) is 4.57 Å². The zero-order valence-electron chi connectivity index (χ0n) is 9.90. The average Bonchev–Trinajstić information content (AvgIpc) is 2.66. The van der Waals surface area contributed by atoms with Crippen molar-refractivity contribution in [3.8, 4) is 0 Å². The molecule has 0 saturated carbocycles. The van der Waals surface area contributed by atoms with E-state index in [4.69, 9.17) is 11.6 Å². The van der Waals surface area contributed by atoms with Crippen LogP contribution in [0.25, 0.3) is 11.2 Å². The Bertz CT molecular complexity index is 642. The van der Waals surface area contributed by atoms with Crippen LogP contribution in [-0.4, -0.2) is 45.7 Å². The Morgan fingerprint density at radius 3 is 2.72 bits per heavy atom. The number of anilines is 1. The standard InChI is InChI=1S/C10H13ClN6O/c1-16-7-6(13-10(16)18)8(15-9(11)14-7)17-4-2-12-3-5-17/h12H,2-5H2,1H3,(H,13,18). The molecule has 0 radical (unpaired) electrons. The summed E-state index contributed by atoms with van der Waals surface area (Å²) in [5.74, 6) is 0.698. The minimum Gasteiger partial charge on any atom is -0.352 e. The molecule has 1 fully saturated rings. The lowest BCUT2D eigenvalue weighted by atomic mass is 10.3. The van der Waals surface area contributed by atoms with Crippen molar-refractivity contribution < 1.29 is 0 Å². The lowest BCUT2D eigenvalue weighted by molar-refractivity contribution is 0.586. The van der Waals surface area contributed by atoms with Crippen molar-refractivity contribution in [2.24, 2.45) is 7.05 Å². The quantitative estimate of drug-likeness (QED) is 0.696. The molecule has 2 aromatic rings. The number of rotatable bonds is 1. The Morgan fingerprint density at radius 1 is 1.28 bits per heavy atom. The number of piperazine rings is 1. The molecule has 0 aliphatic carbocycles. The first-order valence-electron chi connectivity index (χ1n) is 5.75. The molecular formula is C10H13ClN6O. The highest BCUT2D eigenvalue weighted by Gasteiger charge is 2.19. The summed E-state index contributed by atoms with van der Waals surface area (Å²) >= 11 is 5.93. The number of aromatic amines is 1. The Kier molecular flexibility index (Phi) is 2.71. The molecule has 96 valence electrons. The molecular weight excluding hydrogens is 256 g/mol. The van der Waals surface area contributed by atoms with Crippen LogP contribution >= 0.6 is 11.6 Å². The molecule has 2 aromatic heterocycles. The number of fused-ring (bicyclic) bond motifs is 1. The van der Waals surface area contributed by atoms with E-state index in [1.807, 2.05) is 0 Å². The number of H-pyrrole nitrogens is 1. The van der Waals surface area contributed by atoms with Crippen LogP contribution in [0.2, 0.25) is 5.28 Å². The molecule has 0 atom stereocenters. The van der Waals surface area contributed by atoms with Gasteiger partial charge in [0.15, 0.2) is 11.5 Å². The van der Waals surface area contributed by atoms with E-state index in [0.717, 1.165) is 26.2 Å². The van der Waals surface area contributed by atoms with Gasteiger partial charge >= 0.3 is 5.69 Å². The minimum atomic E-state index is -0.210. The molecule has 0 spiro atoms. The summed E-state index contributed by atoms with van der Waals surface area (Å²) < 4.78 is 1.44. The molecule has 8 heteroatoms. The van der Waals surface area contributed by atoms with Crippen molar-refractivity contribution in [3.05, 3.63) is 15.8 Å². The van der Waals surface area contributed by atoms with Crippen LogP contribution in [0.1, 0.15) is 0 Å². The number of nitrogens with one attached hydrogen (secondary N) is 2. The third-order valence-corrected chi connectivity index (χ3v) is 3.28. The third-order valence-electron chi connectivity index (χ3n) is 3.11. The van der Waals surface area contributed by atoms with Crippen molar-refractivity contribution in [1.29, 1.82) is 0 Å². The monoisotopic (exact) mass is 268 g/mol. The van der Waals surface area contributed by atoms with Gasteiger partial charge in [-0.2, -0.15) is 9.97 Å². The van der Waals surface area contributed by atoms with Crippen LogP contribution in [0, 0.1) is 0 Å². The molecule has 0 aromatic carbocycles. The van der Waals surface area contributed by atoms with E-state index in [0.29, 0.717) is 17.0 Å². The average molecular weight is 269 g/mol. The molecule has 7 nitrogen and oxygen atoms in total. The summed E-state index contributed by atoms with van der Waals surface area (Å²) in [6.07, 6.45) is 0. The van der Waals surface area contributed by atoms with Gasteiger partial charge in [-0.25, -0.2) is 4.79 Å². The zero-order valence-corrected chi connectivity index (χ0v) is 10.7. The number of nitrogens with zero attached hydrogens (tertiary/aromatic N) is 4. The summed E-state index contributed by atoms with van der Waals surface area (Å²) in [6.45, 7) is 3.44. The van der Waals surface area contributed by atoms with Crippen molar-refractivity contribution in [2.45, 2.75) is 0 Å². The topological polar surface area (TPSA) is 78.8 Å². The fourth-order valence-electron chi connectivity index (χ4n) is 2.16. The largest absolute Gasteiger partial charge is 0.352 e. The van der Waals surface area contributed by atoms with Crippen LogP contribution in [0.3, 0.4) is 0 Å². The molecule has 18 heavy (non-hydrogen) atoms. The summed E-state index contributed by atoms with van der Waals surface area (Å²) in [7, 11) is 1.66.